The van der Waals surface area contributed by atoms with Crippen LogP contribution in [0.2, 0.25) is 0 Å². The molecule has 4 aromatic rings. The van der Waals surface area contributed by atoms with Crippen molar-refractivity contribution in [2.45, 2.75) is 49.1 Å². The molecule has 0 amide bonds. The molecule has 2 aliphatic rings. The van der Waals surface area contributed by atoms with Crippen LogP contribution >= 0.6 is 15.6 Å². The lowest BCUT2D eigenvalue weighted by atomic mass is 10.1. The minimum absolute atomic E-state index is 0.00610. The van der Waals surface area contributed by atoms with E-state index in [0.29, 0.717) is 0 Å². The first-order valence-electron chi connectivity index (χ1n) is 12.8. The van der Waals surface area contributed by atoms with E-state index in [0.717, 1.165) is 34.4 Å². The molecule has 6 rings (SSSR count). The second kappa shape index (κ2) is 11.8. The van der Waals surface area contributed by atoms with E-state index < -0.39 is 89.1 Å². The molecule has 2 fully saturated rings. The minimum Gasteiger partial charge on any atom is -0.387 e. The van der Waals surface area contributed by atoms with Crippen molar-refractivity contribution in [3.05, 3.63) is 46.0 Å². The van der Waals surface area contributed by atoms with Gasteiger partial charge in [0.15, 0.2) is 34.8 Å². The highest BCUT2D eigenvalue weighted by atomic mass is 31.3. The molecule has 2 unspecified atom stereocenters. The third-order valence-electron chi connectivity index (χ3n) is 6.96. The SMILES string of the molecule is O=c1[nH]cnc2c1ncn2[C@@H]1O[C@H](COP(=O)(O)OP(=O)(O)OC[C@H]2O[C@@H](n3cnc4c(=O)[nH]cnc43)[C@H](O)[C@@H]2O)[C@@H](O)[C@H]1O. The van der Waals surface area contributed by atoms with E-state index in [1.165, 1.54) is 0 Å². The summed E-state index contributed by atoms with van der Waals surface area (Å²) >= 11 is 0. The predicted octanol–water partition coefficient (Wildman–Crippen LogP) is -3.26. The van der Waals surface area contributed by atoms with Gasteiger partial charge in [-0.05, 0) is 0 Å². The molecule has 0 radical (unpaired) electrons. The normalized spacial score (nSPS) is 31.4. The maximum absolute atomic E-state index is 12.4. The molecule has 0 aromatic carbocycles. The Morgan fingerprint density at radius 3 is 1.51 bits per heavy atom. The highest BCUT2D eigenvalue weighted by Gasteiger charge is 2.48. The molecule has 0 bridgehead atoms. The maximum atomic E-state index is 12.4. The Bertz CT molecular complexity index is 1790. The Kier molecular flexibility index (Phi) is 8.33. The summed E-state index contributed by atoms with van der Waals surface area (Å²) in [5.41, 5.74) is -1.31. The fraction of sp³-hybridized carbons (Fsp3) is 0.500. The van der Waals surface area contributed by atoms with Crippen LogP contribution in [0.5, 0.6) is 0 Å². The molecule has 0 saturated carbocycles. The third kappa shape index (κ3) is 6.02. The van der Waals surface area contributed by atoms with Gasteiger partial charge in [0, 0.05) is 0 Å². The number of hydrogen-bond acceptors (Lipinski definition) is 17. The van der Waals surface area contributed by atoms with Gasteiger partial charge in [0.1, 0.15) is 36.6 Å². The maximum Gasteiger partial charge on any atom is 0.481 e. The largest absolute Gasteiger partial charge is 0.481 e. The molecule has 4 aromatic heterocycles. The number of fused-ring (bicyclic) bond motifs is 2. The number of nitrogens with one attached hydrogen (secondary N) is 2. The average Bonchev–Trinajstić information content (AvgIpc) is 3.73. The summed E-state index contributed by atoms with van der Waals surface area (Å²) < 4.78 is 51.8. The van der Waals surface area contributed by atoms with Crippen molar-refractivity contribution in [2.75, 3.05) is 13.2 Å². The standard InChI is InChI=1S/C20H24N8O15P2/c29-11-7(41-19(13(11)31)27-5-25-9-15(27)21-3-23-17(9)33)1-39-44(35,36)43-45(37,38)40-2-8-12(30)14(32)20(42-8)28-6-26-10-16(28)22-4-24-18(10)34/h3-8,11-14,19-20,29-32H,1-2H2,(H,35,36)(H,37,38)(H,21,23,33)(H,22,24,34)/t7-,8-,11-,12-,13-,14-,19-,20-/m1/s1. The number of rotatable bonds is 10. The van der Waals surface area contributed by atoms with Crippen LogP contribution in [-0.2, 0) is 32.0 Å². The first kappa shape index (κ1) is 31.7. The Morgan fingerprint density at radius 1 is 0.711 bits per heavy atom. The van der Waals surface area contributed by atoms with Crippen molar-refractivity contribution in [3.8, 4) is 0 Å². The molecule has 23 nitrogen and oxygen atoms in total. The van der Waals surface area contributed by atoms with Crippen LogP contribution in [0, 0.1) is 0 Å². The summed E-state index contributed by atoms with van der Waals surface area (Å²) in [7, 11) is -10.8. The second-order valence-corrected chi connectivity index (χ2v) is 12.9. The number of aromatic amines is 2. The number of H-pyrrole nitrogens is 2. The zero-order valence-corrected chi connectivity index (χ0v) is 24.1. The Labute approximate surface area is 247 Å². The topological polar surface area (TPSA) is 329 Å². The van der Waals surface area contributed by atoms with Gasteiger partial charge in [-0.25, -0.2) is 29.1 Å². The quantitative estimate of drug-likeness (QED) is 0.0763. The number of nitrogens with zero attached hydrogens (tertiary/aromatic N) is 6. The predicted molar refractivity (Wildman–Crippen MR) is 141 cm³/mol. The molecule has 25 heteroatoms. The first-order valence-corrected chi connectivity index (χ1v) is 15.7. The van der Waals surface area contributed by atoms with Crippen LogP contribution in [0.15, 0.2) is 34.9 Å². The van der Waals surface area contributed by atoms with Crippen LogP contribution in [-0.4, -0.2) is 119 Å². The lowest BCUT2D eigenvalue weighted by Crippen LogP contribution is -2.34. The van der Waals surface area contributed by atoms with Crippen LogP contribution < -0.4 is 11.1 Å². The van der Waals surface area contributed by atoms with Gasteiger partial charge in [-0.2, -0.15) is 4.31 Å². The number of aliphatic hydroxyl groups excluding tert-OH is 4. The zero-order valence-electron chi connectivity index (χ0n) is 22.3. The number of phosphoric acid groups is 2. The van der Waals surface area contributed by atoms with Gasteiger partial charge in [0.25, 0.3) is 11.1 Å². The molecule has 2 aliphatic heterocycles. The second-order valence-electron chi connectivity index (χ2n) is 9.81. The van der Waals surface area contributed by atoms with Crippen molar-refractivity contribution in [1.82, 2.24) is 39.0 Å². The highest BCUT2D eigenvalue weighted by molar-refractivity contribution is 7.61. The first-order chi connectivity index (χ1) is 21.3. The molecular formula is C20H24N8O15P2. The summed E-state index contributed by atoms with van der Waals surface area (Å²) in [6.45, 7) is -1.87. The van der Waals surface area contributed by atoms with Gasteiger partial charge in [0.05, 0.1) is 38.5 Å². The summed E-state index contributed by atoms with van der Waals surface area (Å²) in [5.74, 6) is 0. The Balaban J connectivity index is 1.05. The molecular weight excluding hydrogens is 654 g/mol. The molecule has 0 aliphatic carbocycles. The summed E-state index contributed by atoms with van der Waals surface area (Å²) in [5, 5.41) is 41.7. The monoisotopic (exact) mass is 678 g/mol. The van der Waals surface area contributed by atoms with E-state index in [4.69, 9.17) is 9.47 Å². The van der Waals surface area contributed by atoms with Crippen LogP contribution in [0.1, 0.15) is 12.5 Å². The number of aromatic nitrogens is 8. The van der Waals surface area contributed by atoms with E-state index in [1.54, 1.807) is 0 Å². The third-order valence-corrected chi connectivity index (χ3v) is 9.56. The van der Waals surface area contributed by atoms with Crippen molar-refractivity contribution in [2.24, 2.45) is 0 Å². The fourth-order valence-corrected chi connectivity index (χ4v) is 6.90. The molecule has 2 saturated heterocycles. The van der Waals surface area contributed by atoms with E-state index in [1.807, 2.05) is 0 Å². The molecule has 10 atom stereocenters. The zero-order chi connectivity index (χ0) is 32.3. The van der Waals surface area contributed by atoms with Crippen LogP contribution in [0.3, 0.4) is 0 Å². The van der Waals surface area contributed by atoms with Crippen LogP contribution in [0.25, 0.3) is 22.3 Å². The molecule has 8 N–H and O–H groups in total. The van der Waals surface area contributed by atoms with Crippen molar-refractivity contribution in [1.29, 1.82) is 0 Å². The van der Waals surface area contributed by atoms with E-state index >= 15 is 0 Å². The van der Waals surface area contributed by atoms with Gasteiger partial charge < -0.3 is 49.7 Å². The molecule has 45 heavy (non-hydrogen) atoms. The van der Waals surface area contributed by atoms with Crippen molar-refractivity contribution >= 4 is 38.0 Å². The van der Waals surface area contributed by atoms with E-state index in [2.05, 4.69) is 43.3 Å². The van der Waals surface area contributed by atoms with Crippen LogP contribution in [0.4, 0.5) is 0 Å². The Hall–Kier alpha value is -3.28. The Morgan fingerprint density at radius 2 is 1.11 bits per heavy atom. The lowest BCUT2D eigenvalue weighted by Gasteiger charge is -2.20. The summed E-state index contributed by atoms with van der Waals surface area (Å²) in [4.78, 5) is 64.1. The van der Waals surface area contributed by atoms with Crippen molar-refractivity contribution < 1.29 is 62.2 Å². The minimum atomic E-state index is -5.40. The lowest BCUT2D eigenvalue weighted by molar-refractivity contribution is -0.0531. The molecule has 0 spiro atoms. The molecule has 244 valence electrons. The van der Waals surface area contributed by atoms with E-state index in [-0.39, 0.29) is 22.3 Å². The van der Waals surface area contributed by atoms with Gasteiger partial charge in [-0.3, -0.25) is 27.8 Å². The summed E-state index contributed by atoms with van der Waals surface area (Å²) in [6.07, 6.45) is -7.93. The smallest absolute Gasteiger partial charge is 0.387 e. The number of ether oxygens (including phenoxy) is 2. The summed E-state index contributed by atoms with van der Waals surface area (Å²) in [6, 6.07) is 0. The van der Waals surface area contributed by atoms with Gasteiger partial charge >= 0.3 is 15.6 Å². The van der Waals surface area contributed by atoms with Gasteiger partial charge in [-0.15, -0.1) is 0 Å². The number of imidazole rings is 2. The number of phosphoric ester groups is 2. The van der Waals surface area contributed by atoms with Crippen molar-refractivity contribution in [3.63, 3.8) is 0 Å². The van der Waals surface area contributed by atoms with Gasteiger partial charge in [0.2, 0.25) is 0 Å². The van der Waals surface area contributed by atoms with Gasteiger partial charge in [-0.1, -0.05) is 0 Å². The molecule has 6 heterocycles. The average molecular weight is 678 g/mol. The van der Waals surface area contributed by atoms with E-state index in [9.17, 15) is 48.9 Å². The fourth-order valence-electron chi connectivity index (χ4n) is 4.80. The highest BCUT2D eigenvalue weighted by Crippen LogP contribution is 2.60. The number of aliphatic hydroxyl groups is 4. The number of hydrogen-bond donors (Lipinski definition) is 8.